The maximum absolute atomic E-state index is 14.2. The lowest BCUT2D eigenvalue weighted by Gasteiger charge is -2.48. The molecule has 0 aromatic heterocycles. The fraction of sp³-hybridized carbons (Fsp3) is 0.636. The number of nitrogens with zero attached hydrogens (tertiary/aromatic N) is 1. The number of rotatable bonds is 13. The quantitative estimate of drug-likeness (QED) is 0.203. The predicted octanol–water partition coefficient (Wildman–Crippen LogP) is 1.52. The van der Waals surface area contributed by atoms with Gasteiger partial charge in [-0.3, -0.25) is 19.2 Å². The van der Waals surface area contributed by atoms with Gasteiger partial charge in [0.1, 0.15) is 29.8 Å². The molecular weight excluding hydrogens is 655 g/mol. The van der Waals surface area contributed by atoms with Gasteiger partial charge < -0.3 is 34.7 Å². The minimum absolute atomic E-state index is 0.00470. The van der Waals surface area contributed by atoms with Gasteiger partial charge >= 0.3 is 18.1 Å². The smallest absolute Gasteiger partial charge is 0.422 e. The number of nitrogens with one attached hydrogen (secondary N) is 2. The highest BCUT2D eigenvalue weighted by atomic mass is 19.4. The molecule has 49 heavy (non-hydrogen) atoms. The standard InChI is InChI=1S/C33H38F3N3O10/c34-32(35,36)17-45-24(42)10-5-18-1-3-19(4-2-18)16-39-27-29(43)46-22-15-31(27,30(44)38-12-11-23(41)37-13-14-40)28(49-39)26-25(22)47-33(48-26,20-6-7-20)21-8-9-21/h1-5,10,20-22,25-28,40H,6-9,11-17H2,(H,37,41)(H,38,44). The Morgan fingerprint density at radius 3 is 2.37 bits per heavy atom. The maximum Gasteiger partial charge on any atom is 0.422 e. The topological polar surface area (TPSA) is 162 Å². The van der Waals surface area contributed by atoms with Gasteiger partial charge in [-0.2, -0.15) is 18.2 Å². The van der Waals surface area contributed by atoms with E-state index in [4.69, 9.17) is 24.2 Å². The fourth-order valence-electron chi connectivity index (χ4n) is 7.68. The van der Waals surface area contributed by atoms with Crippen LogP contribution in [0.25, 0.3) is 6.08 Å². The summed E-state index contributed by atoms with van der Waals surface area (Å²) in [7, 11) is 0. The molecule has 2 amide bonds. The average Bonchev–Trinajstić information content (AvgIpc) is 4.01. The number of hydrogen-bond acceptors (Lipinski definition) is 11. The second-order valence-electron chi connectivity index (χ2n) is 13.5. The molecule has 266 valence electrons. The van der Waals surface area contributed by atoms with Crippen LogP contribution in [0.5, 0.6) is 0 Å². The van der Waals surface area contributed by atoms with E-state index in [9.17, 15) is 32.3 Å². The number of ether oxygens (including phenoxy) is 4. The molecule has 6 fully saturated rings. The molecule has 0 spiro atoms. The van der Waals surface area contributed by atoms with Gasteiger partial charge in [-0.05, 0) is 42.9 Å². The van der Waals surface area contributed by atoms with Crippen molar-refractivity contribution >= 4 is 29.8 Å². The largest absolute Gasteiger partial charge is 0.458 e. The third-order valence-corrected chi connectivity index (χ3v) is 10.1. The van der Waals surface area contributed by atoms with Crippen molar-refractivity contribution in [2.75, 3.05) is 26.3 Å². The Morgan fingerprint density at radius 1 is 1.02 bits per heavy atom. The number of esters is 2. The second kappa shape index (κ2) is 13.0. The van der Waals surface area contributed by atoms with Crippen LogP contribution in [0.4, 0.5) is 13.2 Å². The van der Waals surface area contributed by atoms with Gasteiger partial charge in [-0.1, -0.05) is 24.3 Å². The second-order valence-corrected chi connectivity index (χ2v) is 13.5. The van der Waals surface area contributed by atoms with Crippen molar-refractivity contribution in [2.24, 2.45) is 17.3 Å². The van der Waals surface area contributed by atoms with Crippen LogP contribution >= 0.6 is 0 Å². The normalized spacial score (nSPS) is 31.7. The molecular formula is C33H38F3N3O10. The van der Waals surface area contributed by atoms with E-state index < -0.39 is 72.3 Å². The van der Waals surface area contributed by atoms with Gasteiger partial charge in [-0.15, -0.1) is 0 Å². The highest BCUT2D eigenvalue weighted by molar-refractivity contribution is 5.94. The van der Waals surface area contributed by atoms with Crippen molar-refractivity contribution in [1.82, 2.24) is 15.7 Å². The molecule has 1 aromatic rings. The number of fused-ring (bicyclic) bond motifs is 4. The van der Waals surface area contributed by atoms with Gasteiger partial charge in [0.2, 0.25) is 11.8 Å². The molecule has 0 radical (unpaired) electrons. The monoisotopic (exact) mass is 693 g/mol. The SMILES string of the molecule is O=C(CCNC(=O)C12CC3OC(=O)C1N(Cc1ccc(C=CC(=O)OCC(F)(F)F)cc1)OC2C1OC(C2CC2)(C2CC2)OC31)NCCO. The Balaban J connectivity index is 1.11. The van der Waals surface area contributed by atoms with Crippen molar-refractivity contribution in [1.29, 1.82) is 0 Å². The van der Waals surface area contributed by atoms with Crippen LogP contribution in [0.1, 0.15) is 49.7 Å². The molecule has 3 N–H and O–H groups in total. The van der Waals surface area contributed by atoms with E-state index in [2.05, 4.69) is 15.4 Å². The van der Waals surface area contributed by atoms with Gasteiger partial charge in [0.15, 0.2) is 18.4 Å². The van der Waals surface area contributed by atoms with Crippen LogP contribution in [0.15, 0.2) is 30.3 Å². The Kier molecular flexibility index (Phi) is 8.96. The number of carbonyl (C=O) groups is 4. The molecule has 3 saturated heterocycles. The minimum atomic E-state index is -4.63. The summed E-state index contributed by atoms with van der Waals surface area (Å²) in [6, 6.07) is 5.53. The van der Waals surface area contributed by atoms with E-state index in [-0.39, 0.29) is 56.8 Å². The van der Waals surface area contributed by atoms with Crippen molar-refractivity contribution in [3.63, 3.8) is 0 Å². The summed E-state index contributed by atoms with van der Waals surface area (Å²) >= 11 is 0. The highest BCUT2D eigenvalue weighted by Gasteiger charge is 2.78. The van der Waals surface area contributed by atoms with Gasteiger partial charge in [0.25, 0.3) is 0 Å². The van der Waals surface area contributed by atoms with Crippen molar-refractivity contribution < 1.29 is 61.2 Å². The zero-order valence-electron chi connectivity index (χ0n) is 26.5. The van der Waals surface area contributed by atoms with Crippen molar-refractivity contribution in [3.05, 3.63) is 41.5 Å². The number of amides is 2. The first-order chi connectivity index (χ1) is 23.4. The number of aliphatic hydroxyl groups excluding tert-OH is 1. The van der Waals surface area contributed by atoms with Gasteiger partial charge in [0.05, 0.1) is 13.2 Å². The van der Waals surface area contributed by atoms with E-state index in [0.29, 0.717) is 11.1 Å². The molecule has 3 aliphatic heterocycles. The Labute approximate surface area is 279 Å². The molecule has 2 bridgehead atoms. The number of alkyl halides is 3. The summed E-state index contributed by atoms with van der Waals surface area (Å²) in [6.07, 6.45) is -1.40. The molecule has 6 atom stereocenters. The molecule has 6 aliphatic rings. The van der Waals surface area contributed by atoms with E-state index >= 15 is 0 Å². The lowest BCUT2D eigenvalue weighted by atomic mass is 9.62. The van der Waals surface area contributed by atoms with E-state index in [1.165, 1.54) is 11.1 Å². The van der Waals surface area contributed by atoms with Crippen molar-refractivity contribution in [2.45, 2.75) is 87.5 Å². The maximum atomic E-state index is 14.2. The molecule has 6 unspecified atom stereocenters. The van der Waals surface area contributed by atoms with E-state index in [1.54, 1.807) is 24.3 Å². The molecule has 16 heteroatoms. The van der Waals surface area contributed by atoms with E-state index in [0.717, 1.165) is 31.8 Å². The number of halogens is 3. The molecule has 3 heterocycles. The minimum Gasteiger partial charge on any atom is -0.458 e. The summed E-state index contributed by atoms with van der Waals surface area (Å²) < 4.78 is 60.7. The first kappa shape index (κ1) is 33.9. The third kappa shape index (κ3) is 6.56. The zero-order chi connectivity index (χ0) is 34.6. The van der Waals surface area contributed by atoms with Crippen LogP contribution in [-0.2, 0) is 49.5 Å². The molecule has 7 rings (SSSR count). The summed E-state index contributed by atoms with van der Waals surface area (Å²) in [5.41, 5.74) is -0.223. The van der Waals surface area contributed by atoms with Gasteiger partial charge in [0, 0.05) is 43.8 Å². The number of hydroxylamine groups is 2. The number of aliphatic hydroxyl groups is 1. The van der Waals surface area contributed by atoms with Gasteiger partial charge in [-0.25, -0.2) is 4.79 Å². The predicted molar refractivity (Wildman–Crippen MR) is 159 cm³/mol. The first-order valence-electron chi connectivity index (χ1n) is 16.6. The zero-order valence-corrected chi connectivity index (χ0v) is 26.5. The summed E-state index contributed by atoms with van der Waals surface area (Å²) in [6.45, 7) is -1.75. The number of benzene rings is 1. The lowest BCUT2D eigenvalue weighted by molar-refractivity contribution is -0.235. The molecule has 3 aliphatic carbocycles. The molecule has 3 saturated carbocycles. The first-order valence-corrected chi connectivity index (χ1v) is 16.6. The Hall–Kier alpha value is -3.57. The Bertz CT molecular complexity index is 1490. The molecule has 1 aromatic carbocycles. The van der Waals surface area contributed by atoms with Crippen molar-refractivity contribution in [3.8, 4) is 0 Å². The van der Waals surface area contributed by atoms with Crippen LogP contribution in [-0.4, -0.2) is 103 Å². The summed E-state index contributed by atoms with van der Waals surface area (Å²) in [5.74, 6) is -2.95. The van der Waals surface area contributed by atoms with Crippen LogP contribution in [0, 0.1) is 17.3 Å². The lowest BCUT2D eigenvalue weighted by Crippen LogP contribution is -2.69. The summed E-state index contributed by atoms with van der Waals surface area (Å²) in [4.78, 5) is 58.4. The Morgan fingerprint density at radius 2 is 1.71 bits per heavy atom. The van der Waals surface area contributed by atoms with Crippen LogP contribution in [0.2, 0.25) is 0 Å². The molecule has 13 nitrogen and oxygen atoms in total. The van der Waals surface area contributed by atoms with E-state index in [1.807, 2.05) is 0 Å². The average molecular weight is 694 g/mol. The number of hydrogen-bond donors (Lipinski definition) is 3. The van der Waals surface area contributed by atoms with Crippen LogP contribution in [0.3, 0.4) is 0 Å². The highest BCUT2D eigenvalue weighted by Crippen LogP contribution is 2.63. The summed E-state index contributed by atoms with van der Waals surface area (Å²) in [5, 5.41) is 15.8. The third-order valence-electron chi connectivity index (χ3n) is 10.1. The van der Waals surface area contributed by atoms with Crippen LogP contribution < -0.4 is 10.6 Å². The fourth-order valence-corrected chi connectivity index (χ4v) is 7.68. The number of carbonyl (C=O) groups excluding carboxylic acids is 4.